The van der Waals surface area contributed by atoms with Crippen LogP contribution in [0.25, 0.3) is 10.8 Å². The van der Waals surface area contributed by atoms with Crippen molar-refractivity contribution in [2.45, 2.75) is 96.8 Å². The highest BCUT2D eigenvalue weighted by molar-refractivity contribution is 5.85. The van der Waals surface area contributed by atoms with Crippen LogP contribution >= 0.6 is 0 Å². The minimum Gasteiger partial charge on any atom is -0.206 e. The van der Waals surface area contributed by atoms with Gasteiger partial charge in [-0.05, 0) is 91.1 Å². The Kier molecular flexibility index (Phi) is 9.42. The number of fused-ring (bicyclic) bond motifs is 1. The topological polar surface area (TPSA) is 0 Å². The molecule has 0 aromatic heterocycles. The molecule has 0 amide bonds. The summed E-state index contributed by atoms with van der Waals surface area (Å²) < 4.78 is 15.5. The molecule has 0 bridgehead atoms. The summed E-state index contributed by atoms with van der Waals surface area (Å²) in [4.78, 5) is 0. The summed E-state index contributed by atoms with van der Waals surface area (Å²) in [6, 6.07) is 18.7. The molecule has 0 nitrogen and oxygen atoms in total. The maximum Gasteiger partial charge on any atom is 0.134 e. The molecule has 184 valence electrons. The van der Waals surface area contributed by atoms with E-state index in [1.165, 1.54) is 63.4 Å². The van der Waals surface area contributed by atoms with Crippen LogP contribution in [0.3, 0.4) is 0 Å². The van der Waals surface area contributed by atoms with Crippen molar-refractivity contribution in [1.29, 1.82) is 0 Å². The third kappa shape index (κ3) is 6.98. The zero-order valence-corrected chi connectivity index (χ0v) is 21.7. The average Bonchev–Trinajstić information content (AvgIpc) is 2.90. The molecule has 1 aliphatic carbocycles. The van der Waals surface area contributed by atoms with Crippen molar-refractivity contribution < 1.29 is 4.39 Å². The number of hydrogen-bond acceptors (Lipinski definition) is 0. The summed E-state index contributed by atoms with van der Waals surface area (Å²) >= 11 is 0. The van der Waals surface area contributed by atoms with Crippen LogP contribution in [0.1, 0.15) is 113 Å². The van der Waals surface area contributed by atoms with Gasteiger partial charge < -0.3 is 0 Å². The minimum absolute atomic E-state index is 0.0199. The molecular weight excluding hydrogens is 427 g/mol. The van der Waals surface area contributed by atoms with Crippen LogP contribution in [0, 0.1) is 23.6 Å². The Morgan fingerprint density at radius 1 is 0.743 bits per heavy atom. The molecule has 0 aliphatic heterocycles. The summed E-state index contributed by atoms with van der Waals surface area (Å²) in [6.45, 7) is 4.51. The van der Waals surface area contributed by atoms with Crippen molar-refractivity contribution in [3.8, 4) is 11.8 Å². The van der Waals surface area contributed by atoms with E-state index in [0.29, 0.717) is 5.92 Å². The summed E-state index contributed by atoms with van der Waals surface area (Å²) in [5.41, 5.74) is 4.27. The summed E-state index contributed by atoms with van der Waals surface area (Å²) in [5, 5.41) is 1.67. The first kappa shape index (κ1) is 25.5. The Morgan fingerprint density at radius 2 is 1.46 bits per heavy atom. The predicted molar refractivity (Wildman–Crippen MR) is 148 cm³/mol. The molecule has 1 aliphatic rings. The van der Waals surface area contributed by atoms with Crippen LogP contribution in [-0.4, -0.2) is 0 Å². The molecule has 3 aromatic rings. The Balaban J connectivity index is 1.41. The number of rotatable bonds is 9. The van der Waals surface area contributed by atoms with Gasteiger partial charge in [0.05, 0.1) is 0 Å². The smallest absolute Gasteiger partial charge is 0.134 e. The van der Waals surface area contributed by atoms with Gasteiger partial charge in [-0.25, -0.2) is 4.39 Å². The number of hydrogen-bond donors (Lipinski definition) is 0. The first-order valence-corrected chi connectivity index (χ1v) is 14.0. The van der Waals surface area contributed by atoms with Crippen LogP contribution in [0.15, 0.2) is 54.6 Å². The second-order valence-corrected chi connectivity index (χ2v) is 10.5. The minimum atomic E-state index is -0.0199. The fourth-order valence-corrected chi connectivity index (χ4v) is 5.61. The van der Waals surface area contributed by atoms with E-state index < -0.39 is 0 Å². The molecule has 0 N–H and O–H groups in total. The Morgan fingerprint density at radius 3 is 2.20 bits per heavy atom. The third-order valence-corrected chi connectivity index (χ3v) is 7.86. The van der Waals surface area contributed by atoms with Crippen molar-refractivity contribution in [3.05, 3.63) is 82.7 Å². The van der Waals surface area contributed by atoms with Gasteiger partial charge in [0, 0.05) is 16.5 Å². The third-order valence-electron chi connectivity index (χ3n) is 7.86. The lowest BCUT2D eigenvalue weighted by Gasteiger charge is -2.29. The molecular formula is C34H41F. The molecule has 0 atom stereocenters. The van der Waals surface area contributed by atoms with Crippen LogP contribution in [0.5, 0.6) is 0 Å². The summed E-state index contributed by atoms with van der Waals surface area (Å²) in [5.74, 6) is 7.75. The van der Waals surface area contributed by atoms with E-state index in [-0.39, 0.29) is 5.82 Å². The van der Waals surface area contributed by atoms with Gasteiger partial charge in [0.1, 0.15) is 5.82 Å². The molecule has 1 fully saturated rings. The van der Waals surface area contributed by atoms with E-state index >= 15 is 4.39 Å². The first-order chi connectivity index (χ1) is 17.2. The van der Waals surface area contributed by atoms with E-state index in [1.807, 2.05) is 24.3 Å². The standard InChI is InChI=1S/C34H41F/c1-3-5-7-8-10-27-11-13-28(14-12-27)15-16-29-19-23-33-31(25-29)22-24-32(34(33)35)30-20-17-26(18-21-30)9-6-4-2/h11-14,19,22-26,30H,3-10,17-18,20-21H2,1-2H3. The molecule has 0 saturated heterocycles. The molecule has 1 heteroatoms. The van der Waals surface area contributed by atoms with E-state index in [1.54, 1.807) is 0 Å². The number of halogens is 1. The van der Waals surface area contributed by atoms with Gasteiger partial charge in [-0.1, -0.05) is 94.5 Å². The molecule has 0 heterocycles. The fourth-order valence-electron chi connectivity index (χ4n) is 5.61. The van der Waals surface area contributed by atoms with Gasteiger partial charge in [-0.3, -0.25) is 0 Å². The maximum absolute atomic E-state index is 15.5. The van der Waals surface area contributed by atoms with Gasteiger partial charge in [-0.15, -0.1) is 0 Å². The first-order valence-electron chi connectivity index (χ1n) is 14.0. The normalized spacial score (nSPS) is 17.8. The molecule has 4 rings (SSSR count). The second kappa shape index (κ2) is 12.9. The van der Waals surface area contributed by atoms with Crippen LogP contribution < -0.4 is 0 Å². The molecule has 1 saturated carbocycles. The average molecular weight is 469 g/mol. The number of benzene rings is 3. The molecule has 35 heavy (non-hydrogen) atoms. The van der Waals surface area contributed by atoms with Crippen molar-refractivity contribution >= 4 is 10.8 Å². The van der Waals surface area contributed by atoms with Crippen LogP contribution in [0.4, 0.5) is 4.39 Å². The fraction of sp³-hybridized carbons (Fsp3) is 0.471. The quantitative estimate of drug-likeness (QED) is 0.216. The molecule has 0 radical (unpaired) electrons. The summed E-state index contributed by atoms with van der Waals surface area (Å²) in [7, 11) is 0. The highest BCUT2D eigenvalue weighted by Crippen LogP contribution is 2.39. The molecule has 0 unspecified atom stereocenters. The maximum atomic E-state index is 15.5. The molecule has 3 aromatic carbocycles. The van der Waals surface area contributed by atoms with E-state index in [9.17, 15) is 0 Å². The van der Waals surface area contributed by atoms with Crippen molar-refractivity contribution in [2.75, 3.05) is 0 Å². The lowest BCUT2D eigenvalue weighted by Crippen LogP contribution is -2.14. The van der Waals surface area contributed by atoms with E-state index in [0.717, 1.165) is 52.6 Å². The van der Waals surface area contributed by atoms with Crippen molar-refractivity contribution in [2.24, 2.45) is 5.92 Å². The van der Waals surface area contributed by atoms with Crippen LogP contribution in [0.2, 0.25) is 0 Å². The van der Waals surface area contributed by atoms with E-state index in [4.69, 9.17) is 0 Å². The van der Waals surface area contributed by atoms with Gasteiger partial charge in [0.2, 0.25) is 0 Å². The highest BCUT2D eigenvalue weighted by Gasteiger charge is 2.24. The van der Waals surface area contributed by atoms with Gasteiger partial charge in [0.25, 0.3) is 0 Å². The number of unbranched alkanes of at least 4 members (excludes halogenated alkanes) is 4. The monoisotopic (exact) mass is 468 g/mol. The summed E-state index contributed by atoms with van der Waals surface area (Å²) in [6.07, 6.45) is 15.0. The SMILES string of the molecule is CCCCCCc1ccc(C#Cc2ccc3c(F)c(C4CCC(CCCC)CC4)ccc3c2)cc1. The van der Waals surface area contributed by atoms with Gasteiger partial charge >= 0.3 is 0 Å². The lowest BCUT2D eigenvalue weighted by atomic mass is 9.76. The number of aryl methyl sites for hydroxylation is 1. The van der Waals surface area contributed by atoms with Crippen molar-refractivity contribution in [1.82, 2.24) is 0 Å². The largest absolute Gasteiger partial charge is 0.206 e. The molecule has 0 spiro atoms. The highest BCUT2D eigenvalue weighted by atomic mass is 19.1. The van der Waals surface area contributed by atoms with E-state index in [2.05, 4.69) is 56.0 Å². The lowest BCUT2D eigenvalue weighted by molar-refractivity contribution is 0.301. The van der Waals surface area contributed by atoms with Gasteiger partial charge in [0.15, 0.2) is 0 Å². The second-order valence-electron chi connectivity index (χ2n) is 10.5. The zero-order chi connectivity index (χ0) is 24.5. The predicted octanol–water partition coefficient (Wildman–Crippen LogP) is 9.97. The van der Waals surface area contributed by atoms with Gasteiger partial charge in [-0.2, -0.15) is 0 Å². The Labute approximate surface area is 212 Å². The Bertz CT molecular complexity index is 1140. The van der Waals surface area contributed by atoms with Crippen LogP contribution in [-0.2, 0) is 6.42 Å². The van der Waals surface area contributed by atoms with Crippen molar-refractivity contribution in [3.63, 3.8) is 0 Å². The Hall–Kier alpha value is -2.59. The zero-order valence-electron chi connectivity index (χ0n) is 21.7.